The van der Waals surface area contributed by atoms with Crippen molar-refractivity contribution in [1.82, 2.24) is 0 Å². The van der Waals surface area contributed by atoms with Crippen molar-refractivity contribution in [1.29, 1.82) is 0 Å². The molecule has 0 aromatic heterocycles. The van der Waals surface area contributed by atoms with E-state index in [0.717, 1.165) is 19.1 Å². The molecule has 1 nitrogen and oxygen atoms in total. The van der Waals surface area contributed by atoms with E-state index in [1.807, 2.05) is 0 Å². The van der Waals surface area contributed by atoms with Crippen LogP contribution in [-0.4, -0.2) is 13.2 Å². The summed E-state index contributed by atoms with van der Waals surface area (Å²) in [7, 11) is 0. The van der Waals surface area contributed by atoms with Crippen LogP contribution >= 0.6 is 0 Å². The van der Waals surface area contributed by atoms with Crippen LogP contribution in [0.4, 0.5) is 0 Å². The minimum atomic E-state index is 0.502. The number of hydrogen-bond donors (Lipinski definition) is 0. The first-order valence-electron chi connectivity index (χ1n) is 4.66. The molecule has 0 radical (unpaired) electrons. The Morgan fingerprint density at radius 3 is 2.18 bits per heavy atom. The fourth-order valence-corrected chi connectivity index (χ4v) is 1.82. The highest BCUT2D eigenvalue weighted by molar-refractivity contribution is 4.71. The Balaban J connectivity index is 2.24. The zero-order valence-corrected chi connectivity index (χ0v) is 8.02. The van der Waals surface area contributed by atoms with Crippen LogP contribution in [0.2, 0.25) is 0 Å². The number of hydrogen-bond acceptors (Lipinski definition) is 1. The molecule has 66 valence electrons. The third-order valence-corrected chi connectivity index (χ3v) is 2.24. The van der Waals surface area contributed by atoms with Crippen LogP contribution < -0.4 is 0 Å². The highest BCUT2D eigenvalue weighted by atomic mass is 16.5. The van der Waals surface area contributed by atoms with Crippen molar-refractivity contribution >= 4 is 0 Å². The fourth-order valence-electron chi connectivity index (χ4n) is 1.82. The van der Waals surface area contributed by atoms with Gasteiger partial charge in [0.25, 0.3) is 0 Å². The second-order valence-electron chi connectivity index (χ2n) is 4.82. The van der Waals surface area contributed by atoms with Crippen LogP contribution in [0.5, 0.6) is 0 Å². The standard InChI is InChI=1S/C10H20O/c1-10(2,3)8-9-4-6-11-7-5-9/h9H,4-8H2,1-3H3. The monoisotopic (exact) mass is 156 g/mol. The van der Waals surface area contributed by atoms with E-state index in [-0.39, 0.29) is 0 Å². The van der Waals surface area contributed by atoms with E-state index < -0.39 is 0 Å². The molecule has 0 saturated carbocycles. The third-order valence-electron chi connectivity index (χ3n) is 2.24. The van der Waals surface area contributed by atoms with Crippen LogP contribution in [-0.2, 0) is 4.74 Å². The Hall–Kier alpha value is -0.0400. The lowest BCUT2D eigenvalue weighted by Crippen LogP contribution is -2.20. The van der Waals surface area contributed by atoms with E-state index in [1.54, 1.807) is 0 Å². The van der Waals surface area contributed by atoms with Gasteiger partial charge in [0, 0.05) is 13.2 Å². The average Bonchev–Trinajstić information content (AvgIpc) is 1.85. The predicted molar refractivity (Wildman–Crippen MR) is 47.6 cm³/mol. The number of ether oxygens (including phenoxy) is 1. The molecule has 0 bridgehead atoms. The van der Waals surface area contributed by atoms with Crippen molar-refractivity contribution in [2.75, 3.05) is 13.2 Å². The lowest BCUT2D eigenvalue weighted by atomic mass is 9.81. The smallest absolute Gasteiger partial charge is 0.0468 e. The SMILES string of the molecule is CC(C)(C)CC1CCOCC1. The van der Waals surface area contributed by atoms with Crippen molar-refractivity contribution in [3.63, 3.8) is 0 Å². The molecular weight excluding hydrogens is 136 g/mol. The Kier molecular flexibility index (Phi) is 2.94. The summed E-state index contributed by atoms with van der Waals surface area (Å²) >= 11 is 0. The molecule has 1 heteroatoms. The summed E-state index contributed by atoms with van der Waals surface area (Å²) in [6, 6.07) is 0. The van der Waals surface area contributed by atoms with E-state index in [4.69, 9.17) is 4.74 Å². The van der Waals surface area contributed by atoms with E-state index in [1.165, 1.54) is 19.3 Å². The molecule has 1 rings (SSSR count). The normalized spacial score (nSPS) is 22.1. The Morgan fingerprint density at radius 2 is 1.73 bits per heavy atom. The van der Waals surface area contributed by atoms with Gasteiger partial charge in [-0.1, -0.05) is 20.8 Å². The minimum Gasteiger partial charge on any atom is -0.381 e. The maximum absolute atomic E-state index is 5.31. The highest BCUT2D eigenvalue weighted by Gasteiger charge is 2.20. The van der Waals surface area contributed by atoms with Crippen LogP contribution in [0.15, 0.2) is 0 Å². The largest absolute Gasteiger partial charge is 0.381 e. The summed E-state index contributed by atoms with van der Waals surface area (Å²) in [6.45, 7) is 8.94. The second-order valence-corrected chi connectivity index (χ2v) is 4.82. The van der Waals surface area contributed by atoms with Crippen LogP contribution in [0.1, 0.15) is 40.0 Å². The lowest BCUT2D eigenvalue weighted by molar-refractivity contribution is 0.0532. The summed E-state index contributed by atoms with van der Waals surface area (Å²) in [5.74, 6) is 0.920. The van der Waals surface area contributed by atoms with Crippen molar-refractivity contribution in [3.05, 3.63) is 0 Å². The molecule has 1 aliphatic rings. The summed E-state index contributed by atoms with van der Waals surface area (Å²) in [5.41, 5.74) is 0.502. The molecular formula is C10H20O. The molecule has 0 spiro atoms. The van der Waals surface area contributed by atoms with Gasteiger partial charge >= 0.3 is 0 Å². The summed E-state index contributed by atoms with van der Waals surface area (Å²) in [5, 5.41) is 0. The average molecular weight is 156 g/mol. The Morgan fingerprint density at radius 1 is 1.18 bits per heavy atom. The van der Waals surface area contributed by atoms with E-state index in [9.17, 15) is 0 Å². The van der Waals surface area contributed by atoms with Gasteiger partial charge in [0.2, 0.25) is 0 Å². The second kappa shape index (κ2) is 3.57. The van der Waals surface area contributed by atoms with Gasteiger partial charge in [-0.2, -0.15) is 0 Å². The maximum Gasteiger partial charge on any atom is 0.0468 e. The highest BCUT2D eigenvalue weighted by Crippen LogP contribution is 2.29. The van der Waals surface area contributed by atoms with Crippen molar-refractivity contribution < 1.29 is 4.74 Å². The lowest BCUT2D eigenvalue weighted by Gasteiger charge is -2.28. The molecule has 1 saturated heterocycles. The van der Waals surface area contributed by atoms with Gasteiger partial charge < -0.3 is 4.74 Å². The molecule has 0 N–H and O–H groups in total. The summed E-state index contributed by atoms with van der Waals surface area (Å²) in [4.78, 5) is 0. The zero-order chi connectivity index (χ0) is 8.32. The third kappa shape index (κ3) is 3.76. The van der Waals surface area contributed by atoms with E-state index in [2.05, 4.69) is 20.8 Å². The molecule has 1 heterocycles. The molecule has 11 heavy (non-hydrogen) atoms. The van der Waals surface area contributed by atoms with E-state index >= 15 is 0 Å². The first kappa shape index (κ1) is 9.05. The molecule has 0 aromatic carbocycles. The Labute approximate surface area is 70.1 Å². The molecule has 0 unspecified atom stereocenters. The van der Waals surface area contributed by atoms with E-state index in [0.29, 0.717) is 5.41 Å². The molecule has 1 fully saturated rings. The van der Waals surface area contributed by atoms with Crippen molar-refractivity contribution in [3.8, 4) is 0 Å². The Bertz CT molecular complexity index is 107. The predicted octanol–water partition coefficient (Wildman–Crippen LogP) is 2.85. The van der Waals surface area contributed by atoms with Gasteiger partial charge in [-0.15, -0.1) is 0 Å². The molecule has 0 aromatic rings. The summed E-state index contributed by atoms with van der Waals surface area (Å²) < 4.78 is 5.31. The van der Waals surface area contributed by atoms with Crippen LogP contribution in [0.25, 0.3) is 0 Å². The van der Waals surface area contributed by atoms with Crippen LogP contribution in [0, 0.1) is 11.3 Å². The first-order chi connectivity index (χ1) is 5.08. The number of rotatable bonds is 1. The van der Waals surface area contributed by atoms with Gasteiger partial charge in [0.15, 0.2) is 0 Å². The zero-order valence-electron chi connectivity index (χ0n) is 8.02. The topological polar surface area (TPSA) is 9.23 Å². The maximum atomic E-state index is 5.31. The minimum absolute atomic E-state index is 0.502. The van der Waals surface area contributed by atoms with Gasteiger partial charge in [0.05, 0.1) is 0 Å². The van der Waals surface area contributed by atoms with Crippen LogP contribution in [0.3, 0.4) is 0 Å². The summed E-state index contributed by atoms with van der Waals surface area (Å²) in [6.07, 6.45) is 3.91. The van der Waals surface area contributed by atoms with Gasteiger partial charge in [-0.05, 0) is 30.6 Å². The van der Waals surface area contributed by atoms with Gasteiger partial charge in [0.1, 0.15) is 0 Å². The molecule has 0 atom stereocenters. The molecule has 0 amide bonds. The van der Waals surface area contributed by atoms with Gasteiger partial charge in [-0.25, -0.2) is 0 Å². The molecule has 0 aliphatic carbocycles. The first-order valence-corrected chi connectivity index (χ1v) is 4.66. The molecule has 1 aliphatic heterocycles. The van der Waals surface area contributed by atoms with Gasteiger partial charge in [-0.3, -0.25) is 0 Å². The quantitative estimate of drug-likeness (QED) is 0.567. The van der Waals surface area contributed by atoms with Crippen molar-refractivity contribution in [2.24, 2.45) is 11.3 Å². The van der Waals surface area contributed by atoms with Crippen molar-refractivity contribution in [2.45, 2.75) is 40.0 Å². The fraction of sp³-hybridized carbons (Fsp3) is 1.00.